The van der Waals surface area contributed by atoms with Gasteiger partial charge in [0.1, 0.15) is 10.7 Å². The van der Waals surface area contributed by atoms with Gasteiger partial charge < -0.3 is 20.7 Å². The van der Waals surface area contributed by atoms with Crippen molar-refractivity contribution in [1.82, 2.24) is 9.88 Å². The van der Waals surface area contributed by atoms with E-state index in [2.05, 4.69) is 16.6 Å². The van der Waals surface area contributed by atoms with Crippen molar-refractivity contribution >= 4 is 40.0 Å². The number of nitrogens with one attached hydrogen (secondary N) is 1. The van der Waals surface area contributed by atoms with Crippen LogP contribution in [0.15, 0.2) is 0 Å². The maximum Gasteiger partial charge on any atom is 0.267 e. The zero-order chi connectivity index (χ0) is 15.8. The van der Waals surface area contributed by atoms with Crippen LogP contribution in [0.4, 0.5) is 10.9 Å². The van der Waals surface area contributed by atoms with Gasteiger partial charge in [0, 0.05) is 26.7 Å². The molecule has 0 aromatic carbocycles. The molecule has 0 saturated heterocycles. The molecular weight excluding hydrogens is 308 g/mol. The fourth-order valence-corrected chi connectivity index (χ4v) is 3.13. The smallest absolute Gasteiger partial charge is 0.267 e. The van der Waals surface area contributed by atoms with Crippen molar-refractivity contribution in [3.05, 3.63) is 4.88 Å². The maximum absolute atomic E-state index is 12.5. The number of carbonyl (C=O) groups excluding carboxylic acids is 1. The van der Waals surface area contributed by atoms with Crippen LogP contribution in [-0.2, 0) is 4.74 Å². The van der Waals surface area contributed by atoms with Crippen LogP contribution in [0.2, 0.25) is 0 Å². The number of ether oxygens (including phenoxy) is 1. The van der Waals surface area contributed by atoms with Gasteiger partial charge in [0.15, 0.2) is 5.13 Å². The Morgan fingerprint density at radius 2 is 2.33 bits per heavy atom. The largest absolute Gasteiger partial charge is 0.383 e. The van der Waals surface area contributed by atoms with Gasteiger partial charge in [0.25, 0.3) is 5.91 Å². The SMILES string of the molecule is COCCNc1nc(N)c(C(=O)N(C)C(C)CCSC)s1. The highest BCUT2D eigenvalue weighted by Gasteiger charge is 2.22. The van der Waals surface area contributed by atoms with Crippen LogP contribution in [0.25, 0.3) is 0 Å². The topological polar surface area (TPSA) is 80.5 Å². The molecule has 1 heterocycles. The molecule has 1 unspecified atom stereocenters. The summed E-state index contributed by atoms with van der Waals surface area (Å²) in [4.78, 5) is 18.9. The molecular formula is C13H24N4O2S2. The van der Waals surface area contributed by atoms with Crippen molar-refractivity contribution in [3.63, 3.8) is 0 Å². The first-order valence-electron chi connectivity index (χ1n) is 6.76. The highest BCUT2D eigenvalue weighted by Crippen LogP contribution is 2.26. The maximum atomic E-state index is 12.5. The summed E-state index contributed by atoms with van der Waals surface area (Å²) in [5.74, 6) is 1.24. The summed E-state index contributed by atoms with van der Waals surface area (Å²) in [6, 6.07) is 0.177. The molecule has 0 radical (unpaired) electrons. The third-order valence-corrected chi connectivity index (χ3v) is 4.81. The average molecular weight is 332 g/mol. The van der Waals surface area contributed by atoms with Gasteiger partial charge in [-0.3, -0.25) is 4.79 Å². The number of nitrogens with two attached hydrogens (primary N) is 1. The number of nitrogens with zero attached hydrogens (tertiary/aromatic N) is 2. The molecule has 0 aliphatic carbocycles. The summed E-state index contributed by atoms with van der Waals surface area (Å²) in [6.45, 7) is 3.26. The second kappa shape index (κ2) is 9.11. The van der Waals surface area contributed by atoms with Gasteiger partial charge in [-0.2, -0.15) is 11.8 Å². The van der Waals surface area contributed by atoms with Crippen LogP contribution in [0, 0.1) is 0 Å². The van der Waals surface area contributed by atoms with Crippen molar-refractivity contribution < 1.29 is 9.53 Å². The summed E-state index contributed by atoms with van der Waals surface area (Å²) < 4.78 is 4.96. The van der Waals surface area contributed by atoms with Crippen molar-refractivity contribution in [2.75, 3.05) is 50.4 Å². The van der Waals surface area contributed by atoms with E-state index in [-0.39, 0.29) is 17.8 Å². The number of hydrogen-bond donors (Lipinski definition) is 2. The van der Waals surface area contributed by atoms with E-state index in [1.165, 1.54) is 11.3 Å². The third-order valence-electron chi connectivity index (χ3n) is 3.15. The molecule has 0 bridgehead atoms. The Kier molecular flexibility index (Phi) is 7.84. The molecule has 0 fully saturated rings. The van der Waals surface area contributed by atoms with Gasteiger partial charge in [-0.1, -0.05) is 11.3 Å². The number of thioether (sulfide) groups is 1. The minimum Gasteiger partial charge on any atom is -0.383 e. The van der Waals surface area contributed by atoms with E-state index in [0.717, 1.165) is 12.2 Å². The van der Waals surface area contributed by atoms with Crippen LogP contribution in [0.1, 0.15) is 23.0 Å². The van der Waals surface area contributed by atoms with E-state index in [9.17, 15) is 4.79 Å². The number of nitrogen functional groups attached to an aromatic ring is 1. The summed E-state index contributed by atoms with van der Waals surface area (Å²) in [5.41, 5.74) is 5.86. The predicted molar refractivity (Wildman–Crippen MR) is 91.4 cm³/mol. The molecule has 1 atom stereocenters. The number of thiazole rings is 1. The number of rotatable bonds is 9. The van der Waals surface area contributed by atoms with Crippen LogP contribution < -0.4 is 11.1 Å². The molecule has 1 aromatic heterocycles. The fraction of sp³-hybridized carbons (Fsp3) is 0.692. The van der Waals surface area contributed by atoms with Crippen molar-refractivity contribution in [2.24, 2.45) is 0 Å². The van der Waals surface area contributed by atoms with E-state index in [0.29, 0.717) is 23.2 Å². The molecule has 0 saturated carbocycles. The lowest BCUT2D eigenvalue weighted by Gasteiger charge is -2.24. The number of hydrogen-bond acceptors (Lipinski definition) is 7. The molecule has 0 aliphatic rings. The minimum absolute atomic E-state index is 0.0709. The predicted octanol–water partition coefficient (Wildman–Crippen LogP) is 2.00. The molecule has 6 nitrogen and oxygen atoms in total. The molecule has 8 heteroatoms. The lowest BCUT2D eigenvalue weighted by molar-refractivity contribution is 0.0747. The van der Waals surface area contributed by atoms with Gasteiger partial charge >= 0.3 is 0 Å². The molecule has 1 aromatic rings. The Bertz CT molecular complexity index is 453. The monoisotopic (exact) mass is 332 g/mol. The standard InChI is InChI=1S/C13H24N4O2S2/c1-9(5-8-20-4)17(2)12(18)10-11(14)16-13(21-10)15-6-7-19-3/h9H,5-8,14H2,1-4H3,(H,15,16). The van der Waals surface area contributed by atoms with Gasteiger partial charge in [0.2, 0.25) is 0 Å². The minimum atomic E-state index is -0.0709. The highest BCUT2D eigenvalue weighted by molar-refractivity contribution is 7.98. The second-order valence-corrected chi connectivity index (χ2v) is 6.68. The molecule has 0 spiro atoms. The van der Waals surface area contributed by atoms with Crippen LogP contribution in [0.5, 0.6) is 0 Å². The number of aromatic nitrogens is 1. The second-order valence-electron chi connectivity index (χ2n) is 4.70. The first-order valence-corrected chi connectivity index (χ1v) is 8.97. The first kappa shape index (κ1) is 18.1. The molecule has 1 rings (SSSR count). The zero-order valence-electron chi connectivity index (χ0n) is 13.0. The van der Waals surface area contributed by atoms with Crippen molar-refractivity contribution in [3.8, 4) is 0 Å². The van der Waals surface area contributed by atoms with Crippen LogP contribution >= 0.6 is 23.1 Å². The molecule has 1 amide bonds. The first-order chi connectivity index (χ1) is 10.0. The highest BCUT2D eigenvalue weighted by atomic mass is 32.2. The van der Waals surface area contributed by atoms with E-state index < -0.39 is 0 Å². The normalized spacial score (nSPS) is 12.2. The Morgan fingerprint density at radius 1 is 1.62 bits per heavy atom. The van der Waals surface area contributed by atoms with Gasteiger partial charge in [-0.15, -0.1) is 0 Å². The number of amides is 1. The summed E-state index contributed by atoms with van der Waals surface area (Å²) >= 11 is 3.07. The molecule has 3 N–H and O–H groups in total. The van der Waals surface area contributed by atoms with E-state index in [1.807, 2.05) is 14.0 Å². The molecule has 120 valence electrons. The number of carbonyl (C=O) groups is 1. The lowest BCUT2D eigenvalue weighted by Crippen LogP contribution is -2.35. The Hall–Kier alpha value is -0.990. The zero-order valence-corrected chi connectivity index (χ0v) is 14.6. The van der Waals surface area contributed by atoms with Gasteiger partial charge in [-0.05, 0) is 25.4 Å². The average Bonchev–Trinajstić information content (AvgIpc) is 2.84. The summed E-state index contributed by atoms with van der Waals surface area (Å²) in [6.07, 6.45) is 3.02. The fourth-order valence-electron chi connectivity index (χ4n) is 1.66. The number of methoxy groups -OCH3 is 1. The quantitative estimate of drug-likeness (QED) is 0.673. The third kappa shape index (κ3) is 5.37. The number of anilines is 2. The van der Waals surface area contributed by atoms with E-state index >= 15 is 0 Å². The molecule has 0 aliphatic heterocycles. The van der Waals surface area contributed by atoms with Crippen LogP contribution in [-0.4, -0.2) is 61.2 Å². The van der Waals surface area contributed by atoms with Gasteiger partial charge in [0.05, 0.1) is 6.61 Å². The van der Waals surface area contributed by atoms with Crippen molar-refractivity contribution in [1.29, 1.82) is 0 Å². The van der Waals surface area contributed by atoms with Crippen LogP contribution in [0.3, 0.4) is 0 Å². The Labute approximate surface area is 134 Å². The molecule has 21 heavy (non-hydrogen) atoms. The van der Waals surface area contributed by atoms with Crippen molar-refractivity contribution in [2.45, 2.75) is 19.4 Å². The van der Waals surface area contributed by atoms with Gasteiger partial charge in [-0.25, -0.2) is 4.98 Å². The van der Waals surface area contributed by atoms with E-state index in [4.69, 9.17) is 10.5 Å². The van der Waals surface area contributed by atoms with E-state index in [1.54, 1.807) is 23.8 Å². The Balaban J connectivity index is 2.68. The summed E-state index contributed by atoms with van der Waals surface area (Å²) in [7, 11) is 3.45. The summed E-state index contributed by atoms with van der Waals surface area (Å²) in [5, 5.41) is 3.74. The Morgan fingerprint density at radius 3 is 2.95 bits per heavy atom. The lowest BCUT2D eigenvalue weighted by atomic mass is 10.2.